The van der Waals surface area contributed by atoms with Gasteiger partial charge in [-0.05, 0) is 41.5 Å². The molecule has 0 saturated carbocycles. The molecular weight excluding hydrogens is 447 g/mol. The zero-order chi connectivity index (χ0) is 19.7. The van der Waals surface area contributed by atoms with Crippen LogP contribution in [0.1, 0.15) is 96.5 Å². The van der Waals surface area contributed by atoms with Crippen molar-refractivity contribution in [3.63, 3.8) is 0 Å². The second-order valence-electron chi connectivity index (χ2n) is 7.16. The molecule has 27 heavy (non-hydrogen) atoms. The second-order valence-corrected chi connectivity index (χ2v) is 8.32. The minimum absolute atomic E-state index is 0.731. The molecule has 152 valence electrons. The Kier molecular flexibility index (Phi) is 14.4. The number of unbranched alkanes of at least 4 members (excludes halogenated alkanes) is 10. The van der Waals surface area contributed by atoms with Gasteiger partial charge in [0.05, 0.1) is 22.3 Å². The van der Waals surface area contributed by atoms with Crippen molar-refractivity contribution in [2.24, 2.45) is 0 Å². The zero-order valence-electron chi connectivity index (χ0n) is 17.3. The van der Waals surface area contributed by atoms with Gasteiger partial charge in [-0.3, -0.25) is 0 Å². The number of ether oxygens (including phenoxy) is 2. The predicted molar refractivity (Wildman–Crippen MR) is 125 cm³/mol. The Hall–Kier alpha value is -0.890. The van der Waals surface area contributed by atoms with Gasteiger partial charge in [0, 0.05) is 6.07 Å². The highest BCUT2D eigenvalue weighted by Crippen LogP contribution is 2.30. The highest BCUT2D eigenvalue weighted by Gasteiger charge is 2.09. The van der Waals surface area contributed by atoms with E-state index in [1.807, 2.05) is 12.1 Å². The van der Waals surface area contributed by atoms with Crippen molar-refractivity contribution >= 4 is 22.6 Å². The van der Waals surface area contributed by atoms with E-state index in [1.165, 1.54) is 64.2 Å². The molecule has 0 aliphatic rings. The van der Waals surface area contributed by atoms with E-state index < -0.39 is 0 Å². The molecule has 0 radical (unpaired) electrons. The van der Waals surface area contributed by atoms with E-state index in [2.05, 4.69) is 42.4 Å². The van der Waals surface area contributed by atoms with Crippen LogP contribution in [-0.2, 0) is 0 Å². The van der Waals surface area contributed by atoms with E-state index in [1.54, 1.807) is 0 Å². The van der Waals surface area contributed by atoms with E-state index in [0.29, 0.717) is 0 Å². The van der Waals surface area contributed by atoms with Gasteiger partial charge in [-0.2, -0.15) is 0 Å². The maximum atomic E-state index is 5.96. The quantitative estimate of drug-likeness (QED) is 0.136. The van der Waals surface area contributed by atoms with Crippen molar-refractivity contribution in [1.82, 2.24) is 0 Å². The lowest BCUT2D eigenvalue weighted by molar-refractivity contribution is 0.294. The van der Waals surface area contributed by atoms with Crippen LogP contribution in [0.15, 0.2) is 12.1 Å². The number of halogens is 1. The van der Waals surface area contributed by atoms with E-state index in [0.717, 1.165) is 46.7 Å². The van der Waals surface area contributed by atoms with Crippen LogP contribution in [0.25, 0.3) is 0 Å². The molecule has 3 heteroatoms. The van der Waals surface area contributed by atoms with Gasteiger partial charge >= 0.3 is 0 Å². The van der Waals surface area contributed by atoms with Crippen molar-refractivity contribution in [2.75, 3.05) is 13.2 Å². The van der Waals surface area contributed by atoms with E-state index in [9.17, 15) is 0 Å². The second kappa shape index (κ2) is 16.1. The lowest BCUT2D eigenvalue weighted by atomic mass is 10.1. The van der Waals surface area contributed by atoms with Crippen LogP contribution >= 0.6 is 22.6 Å². The molecule has 0 atom stereocenters. The van der Waals surface area contributed by atoms with Crippen LogP contribution in [0.4, 0.5) is 0 Å². The normalized spacial score (nSPS) is 10.6. The SMILES string of the molecule is C#Cc1cc(OCCCCCCCC)c(I)cc1OCCCCCCCC. The van der Waals surface area contributed by atoms with Crippen LogP contribution in [0.5, 0.6) is 11.5 Å². The fourth-order valence-corrected chi connectivity index (χ4v) is 3.60. The summed E-state index contributed by atoms with van der Waals surface area (Å²) in [4.78, 5) is 0. The molecule has 0 unspecified atom stereocenters. The lowest BCUT2D eigenvalue weighted by Gasteiger charge is -2.13. The van der Waals surface area contributed by atoms with Crippen molar-refractivity contribution < 1.29 is 9.47 Å². The van der Waals surface area contributed by atoms with Crippen LogP contribution in [0, 0.1) is 15.9 Å². The van der Waals surface area contributed by atoms with Crippen molar-refractivity contribution in [3.8, 4) is 23.8 Å². The molecule has 1 aromatic rings. The van der Waals surface area contributed by atoms with Crippen molar-refractivity contribution in [3.05, 3.63) is 21.3 Å². The average Bonchev–Trinajstić information content (AvgIpc) is 2.67. The van der Waals surface area contributed by atoms with E-state index in [-0.39, 0.29) is 0 Å². The zero-order valence-corrected chi connectivity index (χ0v) is 19.5. The molecule has 0 heterocycles. The minimum atomic E-state index is 0.731. The molecule has 0 spiro atoms. The van der Waals surface area contributed by atoms with Crippen LogP contribution in [0.3, 0.4) is 0 Å². The van der Waals surface area contributed by atoms with Gasteiger partial charge in [0.2, 0.25) is 0 Å². The maximum Gasteiger partial charge on any atom is 0.136 e. The third-order valence-electron chi connectivity index (χ3n) is 4.70. The van der Waals surface area contributed by atoms with Gasteiger partial charge < -0.3 is 9.47 Å². The Morgan fingerprint density at radius 2 is 1.22 bits per heavy atom. The summed E-state index contributed by atoms with van der Waals surface area (Å²) in [6.45, 7) is 5.97. The van der Waals surface area contributed by atoms with E-state index in [4.69, 9.17) is 15.9 Å². The molecule has 0 aliphatic carbocycles. The van der Waals surface area contributed by atoms with Gasteiger partial charge in [-0.25, -0.2) is 0 Å². The van der Waals surface area contributed by atoms with Crippen molar-refractivity contribution in [2.45, 2.75) is 90.9 Å². The summed E-state index contributed by atoms with van der Waals surface area (Å²) in [7, 11) is 0. The molecule has 0 N–H and O–H groups in total. The molecule has 1 aromatic carbocycles. The van der Waals surface area contributed by atoms with Gasteiger partial charge in [-0.1, -0.05) is 84.0 Å². The smallest absolute Gasteiger partial charge is 0.136 e. The maximum absolute atomic E-state index is 5.96. The van der Waals surface area contributed by atoms with Gasteiger partial charge in [0.15, 0.2) is 0 Å². The Morgan fingerprint density at radius 1 is 0.741 bits per heavy atom. The molecule has 0 amide bonds. The highest BCUT2D eigenvalue weighted by atomic mass is 127. The van der Waals surface area contributed by atoms with Gasteiger partial charge in [-0.15, -0.1) is 6.42 Å². The third-order valence-corrected chi connectivity index (χ3v) is 5.54. The summed E-state index contributed by atoms with van der Waals surface area (Å²) >= 11 is 2.31. The summed E-state index contributed by atoms with van der Waals surface area (Å²) in [5.41, 5.74) is 0.791. The third kappa shape index (κ3) is 10.9. The number of hydrogen-bond donors (Lipinski definition) is 0. The first-order chi connectivity index (χ1) is 13.2. The monoisotopic (exact) mass is 484 g/mol. The fourth-order valence-electron chi connectivity index (χ4n) is 3.01. The Morgan fingerprint density at radius 3 is 1.74 bits per heavy atom. The van der Waals surface area contributed by atoms with Crippen LogP contribution in [0.2, 0.25) is 0 Å². The predicted octanol–water partition coefficient (Wildman–Crippen LogP) is 7.75. The number of benzene rings is 1. The first kappa shape index (κ1) is 24.1. The van der Waals surface area contributed by atoms with Gasteiger partial charge in [0.25, 0.3) is 0 Å². The van der Waals surface area contributed by atoms with Crippen LogP contribution < -0.4 is 9.47 Å². The molecule has 0 aliphatic heterocycles. The molecule has 0 saturated heterocycles. The topological polar surface area (TPSA) is 18.5 Å². The number of hydrogen-bond acceptors (Lipinski definition) is 2. The lowest BCUT2D eigenvalue weighted by Crippen LogP contribution is -2.03. The summed E-state index contributed by atoms with van der Waals surface area (Å²) in [5.74, 6) is 4.43. The molecule has 1 rings (SSSR count). The summed E-state index contributed by atoms with van der Waals surface area (Å²) in [6.07, 6.45) is 20.8. The summed E-state index contributed by atoms with van der Waals surface area (Å²) < 4.78 is 13.0. The summed E-state index contributed by atoms with van der Waals surface area (Å²) in [5, 5.41) is 0. The fraction of sp³-hybridized carbons (Fsp3) is 0.667. The van der Waals surface area contributed by atoms with Gasteiger partial charge in [0.1, 0.15) is 11.5 Å². The Labute approximate surface area is 180 Å². The number of rotatable bonds is 16. The molecule has 0 fully saturated rings. The first-order valence-electron chi connectivity index (χ1n) is 10.8. The molecular formula is C24H37IO2. The van der Waals surface area contributed by atoms with E-state index >= 15 is 0 Å². The first-order valence-corrected chi connectivity index (χ1v) is 11.9. The summed E-state index contributed by atoms with van der Waals surface area (Å²) in [6, 6.07) is 3.97. The average molecular weight is 484 g/mol. The van der Waals surface area contributed by atoms with Crippen LogP contribution in [-0.4, -0.2) is 13.2 Å². The number of terminal acetylenes is 1. The molecule has 0 aromatic heterocycles. The van der Waals surface area contributed by atoms with Crippen molar-refractivity contribution in [1.29, 1.82) is 0 Å². The standard InChI is InChI=1S/C24H37IO2/c1-4-7-9-11-13-15-17-26-23-20-22(25)24(19-21(23)6-3)27-18-16-14-12-10-8-5-2/h3,19-20H,4-5,7-18H2,1-2H3. The minimum Gasteiger partial charge on any atom is -0.492 e. The molecule has 2 nitrogen and oxygen atoms in total. The molecule has 0 bridgehead atoms. The largest absolute Gasteiger partial charge is 0.492 e. The highest BCUT2D eigenvalue weighted by molar-refractivity contribution is 14.1. The Balaban J connectivity index is 2.37. The Bertz CT molecular complexity index is 548.